The zero-order valence-corrected chi connectivity index (χ0v) is 8.75. The van der Waals surface area contributed by atoms with Crippen LogP contribution in [0.3, 0.4) is 0 Å². The van der Waals surface area contributed by atoms with Crippen LogP contribution in [0.4, 0.5) is 0 Å². The Balaban J connectivity index is 2.83. The Kier molecular flexibility index (Phi) is 3.80. The minimum atomic E-state index is -0.203. The van der Waals surface area contributed by atoms with E-state index < -0.39 is 0 Å². The van der Waals surface area contributed by atoms with Gasteiger partial charge in [0, 0.05) is 13.6 Å². The van der Waals surface area contributed by atoms with Gasteiger partial charge in [-0.05, 0) is 26.2 Å². The van der Waals surface area contributed by atoms with E-state index in [0.29, 0.717) is 18.6 Å². The molecule has 4 nitrogen and oxygen atoms in total. The fourth-order valence-corrected chi connectivity index (χ4v) is 1.51. The van der Waals surface area contributed by atoms with Gasteiger partial charge in [-0.1, -0.05) is 0 Å². The van der Waals surface area contributed by atoms with Crippen molar-refractivity contribution in [1.82, 2.24) is 4.90 Å². The molecule has 1 N–H and O–H groups in total. The number of amides is 1. The third-order valence-corrected chi connectivity index (χ3v) is 2.31. The number of ether oxygens (including phenoxy) is 1. The van der Waals surface area contributed by atoms with Gasteiger partial charge in [0.05, 0.1) is 12.2 Å². The standard InChI is InChI=1S/C10H17NO3/c1-3-14-10(13)8-6-4-5-7-11(2)9(8)12/h13H,3-7H2,1-2H3/b10-8-. The third-order valence-electron chi connectivity index (χ3n) is 2.31. The molecule has 0 unspecified atom stereocenters. The van der Waals surface area contributed by atoms with E-state index in [1.807, 2.05) is 0 Å². The molecule has 0 aromatic heterocycles. The van der Waals surface area contributed by atoms with E-state index in [0.717, 1.165) is 19.4 Å². The SMILES string of the molecule is CCO/C(O)=C1/CCCCN(C)C1=O. The summed E-state index contributed by atoms with van der Waals surface area (Å²) >= 11 is 0. The molecular formula is C10H17NO3. The maximum atomic E-state index is 11.7. The van der Waals surface area contributed by atoms with Gasteiger partial charge in [-0.2, -0.15) is 0 Å². The fourth-order valence-electron chi connectivity index (χ4n) is 1.51. The maximum Gasteiger partial charge on any atom is 0.285 e. The number of nitrogens with zero attached hydrogens (tertiary/aromatic N) is 1. The molecule has 0 radical (unpaired) electrons. The first kappa shape index (κ1) is 10.9. The highest BCUT2D eigenvalue weighted by molar-refractivity contribution is 5.93. The number of rotatable bonds is 2. The van der Waals surface area contributed by atoms with Gasteiger partial charge in [-0.25, -0.2) is 0 Å². The number of aliphatic hydroxyl groups excluding tert-OH is 1. The molecule has 0 bridgehead atoms. The Bertz CT molecular complexity index is 248. The van der Waals surface area contributed by atoms with Crippen molar-refractivity contribution in [1.29, 1.82) is 0 Å². The van der Waals surface area contributed by atoms with Crippen molar-refractivity contribution in [3.63, 3.8) is 0 Å². The number of aliphatic hydroxyl groups is 1. The lowest BCUT2D eigenvalue weighted by Gasteiger charge is -2.15. The average molecular weight is 199 g/mol. The first-order chi connectivity index (χ1) is 6.66. The number of hydrogen-bond acceptors (Lipinski definition) is 3. The van der Waals surface area contributed by atoms with Gasteiger partial charge in [-0.3, -0.25) is 4.79 Å². The summed E-state index contributed by atoms with van der Waals surface area (Å²) in [5, 5.41) is 9.50. The first-order valence-electron chi connectivity index (χ1n) is 4.97. The van der Waals surface area contributed by atoms with E-state index >= 15 is 0 Å². The predicted octanol–water partition coefficient (Wildman–Crippen LogP) is 1.43. The normalized spacial score (nSPS) is 21.9. The number of carbonyl (C=O) groups excluding carboxylic acids is 1. The summed E-state index contributed by atoms with van der Waals surface area (Å²) < 4.78 is 4.94. The lowest BCUT2D eigenvalue weighted by Crippen LogP contribution is -2.27. The zero-order valence-electron chi connectivity index (χ0n) is 8.75. The highest BCUT2D eigenvalue weighted by atomic mass is 16.6. The lowest BCUT2D eigenvalue weighted by atomic mass is 10.1. The van der Waals surface area contributed by atoms with Crippen molar-refractivity contribution in [2.45, 2.75) is 26.2 Å². The monoisotopic (exact) mass is 199 g/mol. The Morgan fingerprint density at radius 1 is 1.57 bits per heavy atom. The number of likely N-dealkylation sites (N-methyl/N-ethyl adjacent to an activating group) is 1. The lowest BCUT2D eigenvalue weighted by molar-refractivity contribution is -0.126. The summed E-state index contributed by atoms with van der Waals surface area (Å²) in [6, 6.07) is 0. The number of likely N-dealkylation sites (tertiary alicyclic amines) is 1. The summed E-state index contributed by atoms with van der Waals surface area (Å²) in [6.45, 7) is 2.91. The average Bonchev–Trinajstić information content (AvgIpc) is 2.31. The molecule has 1 amide bonds. The van der Waals surface area contributed by atoms with Gasteiger partial charge < -0.3 is 14.7 Å². The summed E-state index contributed by atoms with van der Waals surface area (Å²) in [6.07, 6.45) is 2.50. The highest BCUT2D eigenvalue weighted by Gasteiger charge is 2.22. The molecular weight excluding hydrogens is 182 g/mol. The molecule has 1 fully saturated rings. The zero-order chi connectivity index (χ0) is 10.6. The van der Waals surface area contributed by atoms with Crippen molar-refractivity contribution in [2.75, 3.05) is 20.2 Å². The molecule has 0 aromatic rings. The molecule has 1 rings (SSSR count). The molecule has 0 spiro atoms. The molecule has 0 aromatic carbocycles. The second-order valence-corrected chi connectivity index (χ2v) is 3.40. The molecule has 1 aliphatic heterocycles. The van der Waals surface area contributed by atoms with Crippen LogP contribution in [0.2, 0.25) is 0 Å². The maximum absolute atomic E-state index is 11.7. The van der Waals surface area contributed by atoms with Crippen LogP contribution in [-0.4, -0.2) is 36.1 Å². The Hall–Kier alpha value is -1.19. The van der Waals surface area contributed by atoms with Gasteiger partial charge in [0.25, 0.3) is 11.9 Å². The van der Waals surface area contributed by atoms with Crippen LogP contribution in [0.1, 0.15) is 26.2 Å². The van der Waals surface area contributed by atoms with E-state index in [-0.39, 0.29) is 11.9 Å². The minimum Gasteiger partial charge on any atom is -0.481 e. The Labute approximate surface area is 84.2 Å². The summed E-state index contributed by atoms with van der Waals surface area (Å²) in [5.74, 6) is -0.320. The smallest absolute Gasteiger partial charge is 0.285 e. The molecule has 1 saturated heterocycles. The third kappa shape index (κ3) is 2.40. The molecule has 14 heavy (non-hydrogen) atoms. The molecule has 0 saturated carbocycles. The summed E-state index contributed by atoms with van der Waals surface area (Å²) in [5.41, 5.74) is 0.409. The van der Waals surface area contributed by atoms with Crippen molar-refractivity contribution in [3.05, 3.63) is 11.5 Å². The largest absolute Gasteiger partial charge is 0.481 e. The molecule has 1 aliphatic rings. The van der Waals surface area contributed by atoms with E-state index in [1.54, 1.807) is 18.9 Å². The van der Waals surface area contributed by atoms with Crippen molar-refractivity contribution >= 4 is 5.91 Å². The van der Waals surface area contributed by atoms with Crippen LogP contribution in [0.15, 0.2) is 11.5 Å². The molecule has 1 heterocycles. The van der Waals surface area contributed by atoms with Gasteiger partial charge in [-0.15, -0.1) is 0 Å². The van der Waals surface area contributed by atoms with Crippen LogP contribution < -0.4 is 0 Å². The van der Waals surface area contributed by atoms with Crippen LogP contribution in [-0.2, 0) is 9.53 Å². The predicted molar refractivity (Wildman–Crippen MR) is 52.8 cm³/mol. The van der Waals surface area contributed by atoms with E-state index in [4.69, 9.17) is 4.74 Å². The Morgan fingerprint density at radius 2 is 2.29 bits per heavy atom. The van der Waals surface area contributed by atoms with Crippen LogP contribution in [0, 0.1) is 0 Å². The molecule has 4 heteroatoms. The number of carbonyl (C=O) groups is 1. The molecule has 80 valence electrons. The van der Waals surface area contributed by atoms with Gasteiger partial charge >= 0.3 is 0 Å². The molecule has 0 aliphatic carbocycles. The Morgan fingerprint density at radius 3 is 2.93 bits per heavy atom. The van der Waals surface area contributed by atoms with E-state index in [2.05, 4.69) is 0 Å². The second-order valence-electron chi connectivity index (χ2n) is 3.40. The summed E-state index contributed by atoms with van der Waals surface area (Å²) in [4.78, 5) is 13.3. The van der Waals surface area contributed by atoms with Crippen LogP contribution >= 0.6 is 0 Å². The minimum absolute atomic E-state index is 0.117. The second kappa shape index (κ2) is 4.88. The van der Waals surface area contributed by atoms with Crippen molar-refractivity contribution in [3.8, 4) is 0 Å². The van der Waals surface area contributed by atoms with Gasteiger partial charge in [0.1, 0.15) is 0 Å². The summed E-state index contributed by atoms with van der Waals surface area (Å²) in [7, 11) is 1.74. The number of hydrogen-bond donors (Lipinski definition) is 1. The van der Waals surface area contributed by atoms with Crippen LogP contribution in [0.25, 0.3) is 0 Å². The van der Waals surface area contributed by atoms with Gasteiger partial charge in [0.2, 0.25) is 0 Å². The van der Waals surface area contributed by atoms with Crippen molar-refractivity contribution in [2.24, 2.45) is 0 Å². The van der Waals surface area contributed by atoms with Crippen molar-refractivity contribution < 1.29 is 14.6 Å². The van der Waals surface area contributed by atoms with E-state index in [1.165, 1.54) is 0 Å². The first-order valence-corrected chi connectivity index (χ1v) is 4.97. The van der Waals surface area contributed by atoms with E-state index in [9.17, 15) is 9.90 Å². The highest BCUT2D eigenvalue weighted by Crippen LogP contribution is 2.18. The quantitative estimate of drug-likeness (QED) is 0.540. The molecule has 0 atom stereocenters. The fraction of sp³-hybridized carbons (Fsp3) is 0.700. The van der Waals surface area contributed by atoms with Crippen LogP contribution in [0.5, 0.6) is 0 Å². The van der Waals surface area contributed by atoms with Gasteiger partial charge in [0.15, 0.2) is 0 Å². The topological polar surface area (TPSA) is 49.8 Å².